The number of benzene rings is 2. The van der Waals surface area contributed by atoms with Gasteiger partial charge in [0.05, 0.1) is 31.5 Å². The molecule has 0 radical (unpaired) electrons. The van der Waals surface area contributed by atoms with Crippen LogP contribution in [0.4, 0.5) is 11.4 Å². The maximum absolute atomic E-state index is 12.6. The van der Waals surface area contributed by atoms with E-state index in [2.05, 4.69) is 15.4 Å². The molecule has 0 aromatic heterocycles. The number of para-hydroxylation sites is 1. The van der Waals surface area contributed by atoms with Crippen LogP contribution < -0.4 is 10.6 Å². The van der Waals surface area contributed by atoms with E-state index in [-0.39, 0.29) is 24.9 Å². The Bertz CT molecular complexity index is 835. The molecular formula is C20H23N3O4. The number of carbonyl (C=O) groups is 3. The Morgan fingerprint density at radius 1 is 1.00 bits per heavy atom. The SMILES string of the molecule is COC(=O)CN(C)CC(=O)Nc1ccccc1C(=O)Nc1cccc(C)c1. The highest BCUT2D eigenvalue weighted by Gasteiger charge is 2.15. The number of likely N-dealkylation sites (N-methyl/N-ethyl adjacent to an activating group) is 1. The second-order valence-electron chi connectivity index (χ2n) is 6.17. The number of carbonyl (C=O) groups excluding carboxylic acids is 3. The van der Waals surface area contributed by atoms with Crippen molar-refractivity contribution in [2.24, 2.45) is 0 Å². The molecule has 7 heteroatoms. The Kier molecular flexibility index (Phi) is 7.08. The summed E-state index contributed by atoms with van der Waals surface area (Å²) in [6.07, 6.45) is 0. The molecule has 0 heterocycles. The van der Waals surface area contributed by atoms with Gasteiger partial charge in [-0.1, -0.05) is 24.3 Å². The summed E-state index contributed by atoms with van der Waals surface area (Å²) in [5.74, 6) is -1.08. The molecule has 0 spiro atoms. The second kappa shape index (κ2) is 9.49. The van der Waals surface area contributed by atoms with E-state index in [1.54, 1.807) is 37.4 Å². The number of aryl methyl sites for hydroxylation is 1. The van der Waals surface area contributed by atoms with Gasteiger partial charge in [0.1, 0.15) is 0 Å². The molecule has 2 rings (SSSR count). The Morgan fingerprint density at radius 2 is 1.74 bits per heavy atom. The highest BCUT2D eigenvalue weighted by Crippen LogP contribution is 2.18. The van der Waals surface area contributed by atoms with E-state index in [4.69, 9.17) is 0 Å². The molecule has 7 nitrogen and oxygen atoms in total. The van der Waals surface area contributed by atoms with Crippen molar-refractivity contribution in [3.63, 3.8) is 0 Å². The Labute approximate surface area is 158 Å². The van der Waals surface area contributed by atoms with Crippen molar-refractivity contribution < 1.29 is 19.1 Å². The smallest absolute Gasteiger partial charge is 0.319 e. The van der Waals surface area contributed by atoms with Gasteiger partial charge in [-0.15, -0.1) is 0 Å². The van der Waals surface area contributed by atoms with Gasteiger partial charge in [0.2, 0.25) is 5.91 Å². The maximum Gasteiger partial charge on any atom is 0.319 e. The summed E-state index contributed by atoms with van der Waals surface area (Å²) in [4.78, 5) is 37.6. The summed E-state index contributed by atoms with van der Waals surface area (Å²) in [7, 11) is 2.92. The monoisotopic (exact) mass is 369 g/mol. The molecule has 0 aliphatic carbocycles. The minimum atomic E-state index is -0.428. The summed E-state index contributed by atoms with van der Waals surface area (Å²) in [6, 6.07) is 14.2. The number of amides is 2. The lowest BCUT2D eigenvalue weighted by Crippen LogP contribution is -2.34. The fourth-order valence-corrected chi connectivity index (χ4v) is 2.49. The van der Waals surface area contributed by atoms with E-state index in [0.717, 1.165) is 5.56 Å². The third-order valence-corrected chi connectivity index (χ3v) is 3.76. The average molecular weight is 369 g/mol. The molecule has 0 aliphatic heterocycles. The molecule has 0 unspecified atom stereocenters. The van der Waals surface area contributed by atoms with E-state index >= 15 is 0 Å². The van der Waals surface area contributed by atoms with Crippen LogP contribution in [0.15, 0.2) is 48.5 Å². The molecule has 0 fully saturated rings. The first-order chi connectivity index (χ1) is 12.9. The molecule has 0 bridgehead atoms. The molecule has 27 heavy (non-hydrogen) atoms. The summed E-state index contributed by atoms with van der Waals surface area (Å²) < 4.78 is 4.57. The van der Waals surface area contributed by atoms with Crippen LogP contribution in [0.25, 0.3) is 0 Å². The van der Waals surface area contributed by atoms with Crippen molar-refractivity contribution in [3.05, 3.63) is 59.7 Å². The summed E-state index contributed by atoms with van der Waals surface area (Å²) >= 11 is 0. The van der Waals surface area contributed by atoms with Gasteiger partial charge in [0.15, 0.2) is 0 Å². The van der Waals surface area contributed by atoms with Gasteiger partial charge in [-0.25, -0.2) is 0 Å². The topological polar surface area (TPSA) is 87.7 Å². The van der Waals surface area contributed by atoms with E-state index in [0.29, 0.717) is 16.9 Å². The second-order valence-corrected chi connectivity index (χ2v) is 6.17. The average Bonchev–Trinajstić information content (AvgIpc) is 2.61. The molecule has 0 saturated heterocycles. The molecule has 2 N–H and O–H groups in total. The van der Waals surface area contributed by atoms with Gasteiger partial charge in [-0.2, -0.15) is 0 Å². The lowest BCUT2D eigenvalue weighted by atomic mass is 10.1. The van der Waals surface area contributed by atoms with Gasteiger partial charge in [-0.3, -0.25) is 19.3 Å². The van der Waals surface area contributed by atoms with Crippen LogP contribution in [-0.4, -0.2) is 49.9 Å². The first-order valence-corrected chi connectivity index (χ1v) is 8.41. The Balaban J connectivity index is 2.05. The van der Waals surface area contributed by atoms with Crippen LogP contribution in [0, 0.1) is 6.92 Å². The van der Waals surface area contributed by atoms with E-state index in [9.17, 15) is 14.4 Å². The van der Waals surface area contributed by atoms with Crippen molar-refractivity contribution in [1.82, 2.24) is 4.90 Å². The van der Waals surface area contributed by atoms with Crippen molar-refractivity contribution in [2.45, 2.75) is 6.92 Å². The van der Waals surface area contributed by atoms with Crippen LogP contribution in [0.3, 0.4) is 0 Å². The summed E-state index contributed by atoms with van der Waals surface area (Å²) in [5.41, 5.74) is 2.46. The number of esters is 1. The number of nitrogens with one attached hydrogen (secondary N) is 2. The third-order valence-electron chi connectivity index (χ3n) is 3.76. The van der Waals surface area contributed by atoms with Crippen LogP contribution in [0.2, 0.25) is 0 Å². The minimum absolute atomic E-state index is 0.000584. The van der Waals surface area contributed by atoms with Crippen LogP contribution in [-0.2, 0) is 14.3 Å². The molecule has 0 atom stereocenters. The number of methoxy groups -OCH3 is 1. The number of rotatable bonds is 7. The van der Waals surface area contributed by atoms with Crippen molar-refractivity contribution in [2.75, 3.05) is 37.9 Å². The van der Waals surface area contributed by atoms with Crippen LogP contribution in [0.5, 0.6) is 0 Å². The van der Waals surface area contributed by atoms with Gasteiger partial charge in [-0.05, 0) is 43.8 Å². The van der Waals surface area contributed by atoms with E-state index in [1.807, 2.05) is 25.1 Å². The van der Waals surface area contributed by atoms with Crippen molar-refractivity contribution in [3.8, 4) is 0 Å². The fraction of sp³-hybridized carbons (Fsp3) is 0.250. The molecule has 2 amide bonds. The lowest BCUT2D eigenvalue weighted by molar-refractivity contribution is -0.141. The lowest BCUT2D eigenvalue weighted by Gasteiger charge is -2.16. The van der Waals surface area contributed by atoms with Crippen molar-refractivity contribution in [1.29, 1.82) is 0 Å². The molecule has 2 aromatic carbocycles. The molecular weight excluding hydrogens is 346 g/mol. The summed E-state index contributed by atoms with van der Waals surface area (Å²) in [6.45, 7) is 1.93. The zero-order valence-corrected chi connectivity index (χ0v) is 15.6. The Morgan fingerprint density at radius 3 is 2.44 bits per heavy atom. The predicted octanol–water partition coefficient (Wildman–Crippen LogP) is 2.29. The van der Waals surface area contributed by atoms with Gasteiger partial charge >= 0.3 is 5.97 Å². The molecule has 0 aliphatic rings. The first-order valence-electron chi connectivity index (χ1n) is 8.41. The number of anilines is 2. The number of hydrogen-bond acceptors (Lipinski definition) is 5. The number of hydrogen-bond donors (Lipinski definition) is 2. The molecule has 0 saturated carbocycles. The largest absolute Gasteiger partial charge is 0.468 e. The standard InChI is InChI=1S/C20H23N3O4/c1-14-7-6-8-15(11-14)21-20(26)16-9-4-5-10-17(16)22-18(24)12-23(2)13-19(25)27-3/h4-11H,12-13H2,1-3H3,(H,21,26)(H,22,24). The quantitative estimate of drug-likeness (QED) is 0.731. The Hall–Kier alpha value is -3.19. The highest BCUT2D eigenvalue weighted by atomic mass is 16.5. The first kappa shape index (κ1) is 20.1. The third kappa shape index (κ3) is 6.23. The normalized spacial score (nSPS) is 10.4. The zero-order valence-electron chi connectivity index (χ0n) is 15.6. The highest BCUT2D eigenvalue weighted by molar-refractivity contribution is 6.10. The zero-order chi connectivity index (χ0) is 19.8. The van der Waals surface area contributed by atoms with Gasteiger partial charge in [0.25, 0.3) is 5.91 Å². The minimum Gasteiger partial charge on any atom is -0.468 e. The van der Waals surface area contributed by atoms with Gasteiger partial charge < -0.3 is 15.4 Å². The fourth-order valence-electron chi connectivity index (χ4n) is 2.49. The molecule has 2 aromatic rings. The molecule has 142 valence electrons. The number of ether oxygens (including phenoxy) is 1. The summed E-state index contributed by atoms with van der Waals surface area (Å²) in [5, 5.41) is 5.54. The van der Waals surface area contributed by atoms with E-state index < -0.39 is 5.97 Å². The predicted molar refractivity (Wildman–Crippen MR) is 104 cm³/mol. The number of nitrogens with zero attached hydrogens (tertiary/aromatic N) is 1. The maximum atomic E-state index is 12.6. The van der Waals surface area contributed by atoms with Crippen LogP contribution >= 0.6 is 0 Å². The van der Waals surface area contributed by atoms with E-state index in [1.165, 1.54) is 12.0 Å². The van der Waals surface area contributed by atoms with Crippen LogP contribution in [0.1, 0.15) is 15.9 Å². The van der Waals surface area contributed by atoms with Crippen molar-refractivity contribution >= 4 is 29.2 Å². The van der Waals surface area contributed by atoms with Gasteiger partial charge in [0, 0.05) is 5.69 Å².